The van der Waals surface area contributed by atoms with Crippen LogP contribution in [-0.2, 0) is 11.3 Å². The van der Waals surface area contributed by atoms with E-state index in [2.05, 4.69) is 10.3 Å². The molecule has 6 heteroatoms. The van der Waals surface area contributed by atoms with Crippen molar-refractivity contribution in [2.45, 2.75) is 6.54 Å². The molecule has 0 unspecified atom stereocenters. The summed E-state index contributed by atoms with van der Waals surface area (Å²) in [7, 11) is 3.38. The van der Waals surface area contributed by atoms with Gasteiger partial charge in [-0.2, -0.15) is 0 Å². The van der Waals surface area contributed by atoms with Gasteiger partial charge < -0.3 is 15.0 Å². The number of likely N-dealkylation sites (N-methyl/N-ethyl adjacent to an activating group) is 1. The summed E-state index contributed by atoms with van der Waals surface area (Å²) in [4.78, 5) is 17.2. The fourth-order valence-corrected chi connectivity index (χ4v) is 2.51. The minimum Gasteiger partial charge on any atom is -0.484 e. The smallest absolute Gasteiger partial charge is 0.259 e. The molecular formula is C20H20FN3O2. The van der Waals surface area contributed by atoms with E-state index in [1.54, 1.807) is 26.4 Å². The molecule has 1 N–H and O–H groups in total. The van der Waals surface area contributed by atoms with E-state index >= 15 is 0 Å². The SMILES string of the molecule is CN(C)C(=O)COc1cccc(CNc2ccnc3c(F)cccc23)c1. The van der Waals surface area contributed by atoms with Gasteiger partial charge in [-0.1, -0.05) is 24.3 Å². The molecule has 0 fully saturated rings. The third kappa shape index (κ3) is 4.08. The Kier molecular flexibility index (Phi) is 5.31. The molecule has 2 aromatic carbocycles. The van der Waals surface area contributed by atoms with E-state index in [1.165, 1.54) is 11.0 Å². The number of hydrogen-bond donors (Lipinski definition) is 1. The summed E-state index contributed by atoms with van der Waals surface area (Å²) in [5.74, 6) is 0.191. The van der Waals surface area contributed by atoms with Crippen LogP contribution < -0.4 is 10.1 Å². The number of amides is 1. The Bertz CT molecular complexity index is 928. The van der Waals surface area contributed by atoms with E-state index in [9.17, 15) is 9.18 Å². The van der Waals surface area contributed by atoms with Crippen LogP contribution in [0.2, 0.25) is 0 Å². The lowest BCUT2D eigenvalue weighted by Gasteiger charge is -2.13. The van der Waals surface area contributed by atoms with Crippen molar-refractivity contribution in [2.75, 3.05) is 26.0 Å². The molecule has 0 bridgehead atoms. The number of para-hydroxylation sites is 1. The predicted molar refractivity (Wildman–Crippen MR) is 99.7 cm³/mol. The molecule has 3 rings (SSSR count). The molecule has 1 amide bonds. The van der Waals surface area contributed by atoms with Crippen molar-refractivity contribution < 1.29 is 13.9 Å². The van der Waals surface area contributed by atoms with Gasteiger partial charge in [0.15, 0.2) is 6.61 Å². The normalized spacial score (nSPS) is 10.6. The standard InChI is InChI=1S/C20H20FN3O2/c1-24(2)19(25)13-26-15-6-3-5-14(11-15)12-23-18-9-10-22-20-16(18)7-4-8-17(20)21/h3-11H,12-13H2,1-2H3,(H,22,23). The number of rotatable bonds is 6. The fourth-order valence-electron chi connectivity index (χ4n) is 2.51. The minimum absolute atomic E-state index is 0.00183. The molecule has 0 radical (unpaired) electrons. The second kappa shape index (κ2) is 7.82. The molecule has 5 nitrogen and oxygen atoms in total. The van der Waals surface area contributed by atoms with Crippen molar-refractivity contribution in [1.82, 2.24) is 9.88 Å². The lowest BCUT2D eigenvalue weighted by molar-refractivity contribution is -0.130. The van der Waals surface area contributed by atoms with Gasteiger partial charge in [-0.05, 0) is 29.8 Å². The van der Waals surface area contributed by atoms with Crippen LogP contribution in [0.15, 0.2) is 54.7 Å². The highest BCUT2D eigenvalue weighted by Crippen LogP contribution is 2.24. The van der Waals surface area contributed by atoms with Crippen molar-refractivity contribution in [2.24, 2.45) is 0 Å². The Labute approximate surface area is 151 Å². The Hall–Kier alpha value is -3.15. The number of carbonyl (C=O) groups excluding carboxylic acids is 1. The molecular weight excluding hydrogens is 333 g/mol. The van der Waals surface area contributed by atoms with Crippen LogP contribution in [0.4, 0.5) is 10.1 Å². The van der Waals surface area contributed by atoms with Crippen molar-refractivity contribution in [1.29, 1.82) is 0 Å². The summed E-state index contributed by atoms with van der Waals surface area (Å²) in [6, 6.07) is 14.2. The maximum Gasteiger partial charge on any atom is 0.259 e. The summed E-state index contributed by atoms with van der Waals surface area (Å²) in [6.45, 7) is 0.534. The van der Waals surface area contributed by atoms with Gasteiger partial charge in [0.25, 0.3) is 5.91 Å². The first-order chi connectivity index (χ1) is 12.5. The molecule has 0 aliphatic carbocycles. The monoisotopic (exact) mass is 353 g/mol. The molecule has 0 saturated heterocycles. The lowest BCUT2D eigenvalue weighted by atomic mass is 10.1. The number of nitrogens with one attached hydrogen (secondary N) is 1. The van der Waals surface area contributed by atoms with Crippen molar-refractivity contribution in [3.63, 3.8) is 0 Å². The van der Waals surface area contributed by atoms with E-state index < -0.39 is 0 Å². The van der Waals surface area contributed by atoms with Crippen LogP contribution >= 0.6 is 0 Å². The molecule has 0 saturated carbocycles. The second-order valence-corrected chi connectivity index (χ2v) is 6.07. The van der Waals surface area contributed by atoms with E-state index in [-0.39, 0.29) is 18.3 Å². The number of benzene rings is 2. The van der Waals surface area contributed by atoms with Crippen molar-refractivity contribution in [3.8, 4) is 5.75 Å². The summed E-state index contributed by atoms with van der Waals surface area (Å²) in [5.41, 5.74) is 2.14. The van der Waals surface area contributed by atoms with Gasteiger partial charge in [0.1, 0.15) is 17.1 Å². The van der Waals surface area contributed by atoms with Gasteiger partial charge in [-0.15, -0.1) is 0 Å². The summed E-state index contributed by atoms with van der Waals surface area (Å²) in [5, 5.41) is 4.04. The van der Waals surface area contributed by atoms with Gasteiger partial charge in [0, 0.05) is 37.9 Å². The maximum absolute atomic E-state index is 13.9. The Balaban J connectivity index is 1.70. The van der Waals surface area contributed by atoms with Gasteiger partial charge in [0.2, 0.25) is 0 Å². The quantitative estimate of drug-likeness (QED) is 0.737. The zero-order valence-electron chi connectivity index (χ0n) is 14.7. The Morgan fingerprint density at radius 3 is 2.81 bits per heavy atom. The number of pyridine rings is 1. The van der Waals surface area contributed by atoms with Crippen LogP contribution in [0.25, 0.3) is 10.9 Å². The first kappa shape index (κ1) is 17.7. The van der Waals surface area contributed by atoms with Crippen LogP contribution in [0.3, 0.4) is 0 Å². The highest BCUT2D eigenvalue weighted by Gasteiger charge is 2.07. The molecule has 0 atom stereocenters. The number of nitrogens with zero attached hydrogens (tertiary/aromatic N) is 2. The van der Waals surface area contributed by atoms with Crippen LogP contribution in [0.5, 0.6) is 5.75 Å². The Morgan fingerprint density at radius 2 is 2.00 bits per heavy atom. The van der Waals surface area contributed by atoms with Gasteiger partial charge in [-0.25, -0.2) is 4.39 Å². The molecule has 26 heavy (non-hydrogen) atoms. The summed E-state index contributed by atoms with van der Waals surface area (Å²) in [6.07, 6.45) is 1.58. The number of hydrogen-bond acceptors (Lipinski definition) is 4. The third-order valence-electron chi connectivity index (χ3n) is 3.96. The van der Waals surface area contributed by atoms with E-state index in [4.69, 9.17) is 4.74 Å². The molecule has 0 aliphatic heterocycles. The average molecular weight is 353 g/mol. The Morgan fingerprint density at radius 1 is 1.19 bits per heavy atom. The average Bonchev–Trinajstić information content (AvgIpc) is 2.65. The number of carbonyl (C=O) groups is 1. The molecule has 0 spiro atoms. The van der Waals surface area contributed by atoms with Crippen LogP contribution in [0, 0.1) is 5.82 Å². The zero-order valence-corrected chi connectivity index (χ0v) is 14.7. The topological polar surface area (TPSA) is 54.5 Å². The molecule has 0 aliphatic rings. The number of aromatic nitrogens is 1. The predicted octanol–water partition coefficient (Wildman–Crippen LogP) is 3.45. The van der Waals surface area contributed by atoms with E-state index in [0.29, 0.717) is 17.8 Å². The largest absolute Gasteiger partial charge is 0.484 e. The van der Waals surface area contributed by atoms with Crippen molar-refractivity contribution >= 4 is 22.5 Å². The number of halogens is 1. The van der Waals surface area contributed by atoms with Crippen LogP contribution in [0.1, 0.15) is 5.56 Å². The molecule has 134 valence electrons. The van der Waals surface area contributed by atoms with Gasteiger partial charge in [0.05, 0.1) is 0 Å². The highest BCUT2D eigenvalue weighted by atomic mass is 19.1. The molecule has 1 heterocycles. The lowest BCUT2D eigenvalue weighted by Crippen LogP contribution is -2.27. The highest BCUT2D eigenvalue weighted by molar-refractivity contribution is 5.91. The van der Waals surface area contributed by atoms with Crippen molar-refractivity contribution in [3.05, 3.63) is 66.1 Å². The zero-order chi connectivity index (χ0) is 18.5. The number of ether oxygens (including phenoxy) is 1. The third-order valence-corrected chi connectivity index (χ3v) is 3.96. The van der Waals surface area contributed by atoms with E-state index in [0.717, 1.165) is 16.6 Å². The minimum atomic E-state index is -0.341. The van der Waals surface area contributed by atoms with Gasteiger partial charge >= 0.3 is 0 Å². The van der Waals surface area contributed by atoms with Crippen LogP contribution in [-0.4, -0.2) is 36.5 Å². The van der Waals surface area contributed by atoms with E-state index in [1.807, 2.05) is 36.4 Å². The summed E-state index contributed by atoms with van der Waals surface area (Å²) < 4.78 is 19.4. The maximum atomic E-state index is 13.9. The van der Waals surface area contributed by atoms with Gasteiger partial charge in [-0.3, -0.25) is 9.78 Å². The number of fused-ring (bicyclic) bond motifs is 1. The molecule has 1 aromatic heterocycles. The fraction of sp³-hybridized carbons (Fsp3) is 0.200. The second-order valence-electron chi connectivity index (χ2n) is 6.07. The summed E-state index contributed by atoms with van der Waals surface area (Å²) >= 11 is 0. The molecule has 3 aromatic rings. The number of anilines is 1. The first-order valence-electron chi connectivity index (χ1n) is 8.23. The first-order valence-corrected chi connectivity index (χ1v) is 8.23.